The number of aliphatic carboxylic acids is 1. The van der Waals surface area contributed by atoms with Gasteiger partial charge in [-0.15, -0.1) is 0 Å². The average Bonchev–Trinajstić information content (AvgIpc) is 2.16. The zero-order valence-corrected chi connectivity index (χ0v) is 10.4. The third-order valence-corrected chi connectivity index (χ3v) is 4.73. The number of nitrogens with two attached hydrogens (primary N) is 1. The summed E-state index contributed by atoms with van der Waals surface area (Å²) in [6, 6.07) is 0. The molecule has 2 unspecified atom stereocenters. The van der Waals surface area contributed by atoms with Crippen LogP contribution < -0.4 is 5.73 Å². The maximum Gasteiger partial charge on any atom is 0.323 e. The molecule has 3 nitrogen and oxygen atoms in total. The summed E-state index contributed by atoms with van der Waals surface area (Å²) in [4.78, 5) is 10.8. The lowest BCUT2D eigenvalue weighted by Crippen LogP contribution is -2.45. The van der Waals surface area contributed by atoms with E-state index in [2.05, 4.69) is 14.2 Å². The van der Waals surface area contributed by atoms with Crippen molar-refractivity contribution < 1.29 is 9.90 Å². The predicted molar refractivity (Wildman–Crippen MR) is 66.8 cm³/mol. The highest BCUT2D eigenvalue weighted by molar-refractivity contribution is 14.2. The Bertz CT molecular complexity index is 271. The van der Waals surface area contributed by atoms with Crippen LogP contribution in [0.15, 0.2) is 10.2 Å². The van der Waals surface area contributed by atoms with Gasteiger partial charge in [-0.2, -0.15) is 0 Å². The van der Waals surface area contributed by atoms with Crippen LogP contribution >= 0.6 is 20.7 Å². The van der Waals surface area contributed by atoms with Crippen molar-refractivity contribution in [3.63, 3.8) is 0 Å². The van der Waals surface area contributed by atoms with Gasteiger partial charge in [0.25, 0.3) is 0 Å². The van der Waals surface area contributed by atoms with Gasteiger partial charge in [0, 0.05) is 0 Å². The van der Waals surface area contributed by atoms with Crippen molar-refractivity contribution in [3.8, 4) is 0 Å². The molecule has 2 atom stereocenters. The van der Waals surface area contributed by atoms with Crippen molar-refractivity contribution in [1.29, 1.82) is 0 Å². The van der Waals surface area contributed by atoms with Gasteiger partial charge in [-0.05, 0) is 40.2 Å². The summed E-state index contributed by atoms with van der Waals surface area (Å²) in [5.74, 6) is -0.353. The fourth-order valence-corrected chi connectivity index (χ4v) is 3.31. The largest absolute Gasteiger partial charge is 0.480 e. The third kappa shape index (κ3) is 3.49. The molecule has 0 aliphatic carbocycles. The van der Waals surface area contributed by atoms with Gasteiger partial charge in [0.1, 0.15) is 5.54 Å². The molecule has 80 valence electrons. The van der Waals surface area contributed by atoms with E-state index in [9.17, 15) is 4.79 Å². The van der Waals surface area contributed by atoms with Gasteiger partial charge in [0.15, 0.2) is 0 Å². The summed E-state index contributed by atoms with van der Waals surface area (Å²) in [6.07, 6.45) is 4.70. The molecule has 4 heteroatoms. The van der Waals surface area contributed by atoms with E-state index in [-0.39, 0.29) is 20.7 Å². The summed E-state index contributed by atoms with van der Waals surface area (Å²) >= 11 is 0.116. The Morgan fingerprint density at radius 3 is 3.00 bits per heavy atom. The second kappa shape index (κ2) is 5.02. The topological polar surface area (TPSA) is 63.3 Å². The summed E-state index contributed by atoms with van der Waals surface area (Å²) in [5.41, 5.74) is 4.59. The molecule has 0 amide bonds. The van der Waals surface area contributed by atoms with E-state index in [1.165, 1.54) is 0 Å². The third-order valence-electron chi connectivity index (χ3n) is 2.37. The molecule has 1 aliphatic heterocycles. The Balaban J connectivity index is 2.36. The maximum absolute atomic E-state index is 10.8. The first-order chi connectivity index (χ1) is 6.52. The molecule has 1 rings (SSSR count). The lowest BCUT2D eigenvalue weighted by molar-refractivity contribution is -0.143. The SMILES string of the molecule is CC(N)(CCC1C=IC=CC1)C(=O)O. The predicted octanol–water partition coefficient (Wildman–Crippen LogP) is 1.88. The second-order valence-corrected chi connectivity index (χ2v) is 6.03. The molecule has 14 heavy (non-hydrogen) atoms. The number of carboxylic acids is 1. The van der Waals surface area contributed by atoms with Crippen LogP contribution in [0.5, 0.6) is 0 Å². The van der Waals surface area contributed by atoms with Gasteiger partial charge in [0.05, 0.1) is 0 Å². The molecule has 1 aliphatic rings. The molecule has 0 aromatic rings. The molecule has 3 N–H and O–H groups in total. The monoisotopic (exact) mass is 309 g/mol. The van der Waals surface area contributed by atoms with Crippen molar-refractivity contribution >= 4 is 30.7 Å². The standard InChI is InChI=1S/C10H16INO2/c1-10(12,9(13)14)5-4-8-3-2-6-11-7-8/h2,6-8H,3-5,12H2,1H3,(H,13,14). The molecular weight excluding hydrogens is 293 g/mol. The highest BCUT2D eigenvalue weighted by atomic mass is 127. The number of carbonyl (C=O) groups is 1. The number of rotatable bonds is 4. The van der Waals surface area contributed by atoms with Crippen molar-refractivity contribution in [1.82, 2.24) is 0 Å². The maximum atomic E-state index is 10.8. The van der Waals surface area contributed by atoms with Crippen LogP contribution in [-0.2, 0) is 4.79 Å². The summed E-state index contributed by atoms with van der Waals surface area (Å²) < 4.78 is 4.59. The Kier molecular flexibility index (Phi) is 4.25. The van der Waals surface area contributed by atoms with Crippen LogP contribution in [0.3, 0.4) is 0 Å². The van der Waals surface area contributed by atoms with Gasteiger partial charge >= 0.3 is 5.97 Å². The highest BCUT2D eigenvalue weighted by Gasteiger charge is 2.28. The Hall–Kier alpha value is -0.230. The van der Waals surface area contributed by atoms with Crippen molar-refractivity contribution in [3.05, 3.63) is 10.2 Å². The molecule has 0 aromatic heterocycles. The molecule has 0 fully saturated rings. The van der Waals surface area contributed by atoms with E-state index < -0.39 is 11.5 Å². The van der Waals surface area contributed by atoms with E-state index >= 15 is 0 Å². The number of hydrogen-bond donors (Lipinski definition) is 2. The molecule has 0 aromatic carbocycles. The molecule has 0 radical (unpaired) electrons. The van der Waals surface area contributed by atoms with Gasteiger partial charge in [0.2, 0.25) is 0 Å². The zero-order valence-electron chi connectivity index (χ0n) is 8.24. The fraction of sp³-hybridized carbons (Fsp3) is 0.600. The number of allylic oxidation sites excluding steroid dienone is 1. The highest BCUT2D eigenvalue weighted by Crippen LogP contribution is 2.22. The van der Waals surface area contributed by atoms with Gasteiger partial charge in [-0.1, -0.05) is 26.8 Å². The Morgan fingerprint density at radius 1 is 1.79 bits per heavy atom. The summed E-state index contributed by atoms with van der Waals surface area (Å²) in [5, 5.41) is 8.83. The molecule has 0 spiro atoms. The summed E-state index contributed by atoms with van der Waals surface area (Å²) in [6.45, 7) is 1.59. The van der Waals surface area contributed by atoms with Crippen molar-refractivity contribution in [2.45, 2.75) is 31.7 Å². The number of hydrogen-bond acceptors (Lipinski definition) is 2. The van der Waals surface area contributed by atoms with E-state index in [1.54, 1.807) is 6.92 Å². The normalized spacial score (nSPS) is 25.1. The molecule has 0 saturated heterocycles. The fourth-order valence-electron chi connectivity index (χ4n) is 1.25. The van der Waals surface area contributed by atoms with E-state index in [4.69, 9.17) is 10.8 Å². The number of halogens is 1. The minimum atomic E-state index is -1.06. The van der Waals surface area contributed by atoms with Crippen LogP contribution in [0.2, 0.25) is 0 Å². The molecule has 0 saturated carbocycles. The van der Waals surface area contributed by atoms with Crippen molar-refractivity contribution in [2.75, 3.05) is 0 Å². The van der Waals surface area contributed by atoms with Crippen LogP contribution in [0.25, 0.3) is 0 Å². The van der Waals surface area contributed by atoms with E-state index in [0.717, 1.165) is 12.8 Å². The van der Waals surface area contributed by atoms with Gasteiger partial charge in [-0.25, -0.2) is 0 Å². The van der Waals surface area contributed by atoms with Crippen LogP contribution in [0.4, 0.5) is 0 Å². The smallest absolute Gasteiger partial charge is 0.323 e. The molecule has 1 heterocycles. The Morgan fingerprint density at radius 2 is 2.50 bits per heavy atom. The van der Waals surface area contributed by atoms with Crippen LogP contribution in [0.1, 0.15) is 26.2 Å². The quantitative estimate of drug-likeness (QED) is 0.779. The zero-order chi connectivity index (χ0) is 10.6. The minimum absolute atomic E-state index is 0.116. The molecular formula is C10H16INO2. The lowest BCUT2D eigenvalue weighted by atomic mass is 9.91. The minimum Gasteiger partial charge on any atom is -0.480 e. The Labute approximate surface area is 94.1 Å². The second-order valence-electron chi connectivity index (χ2n) is 3.87. The van der Waals surface area contributed by atoms with Gasteiger partial charge in [-0.3, -0.25) is 4.79 Å². The first-order valence-corrected chi connectivity index (χ1v) is 7.14. The summed E-state index contributed by atoms with van der Waals surface area (Å²) in [7, 11) is 0. The van der Waals surface area contributed by atoms with Gasteiger partial charge < -0.3 is 10.8 Å². The first-order valence-electron chi connectivity index (χ1n) is 4.65. The average molecular weight is 309 g/mol. The lowest BCUT2D eigenvalue weighted by Gasteiger charge is -2.21. The molecule has 0 bridgehead atoms. The van der Waals surface area contributed by atoms with Crippen LogP contribution in [0, 0.1) is 5.92 Å². The van der Waals surface area contributed by atoms with Crippen LogP contribution in [-0.4, -0.2) is 20.6 Å². The van der Waals surface area contributed by atoms with E-state index in [1.807, 2.05) is 0 Å². The number of carboxylic acid groups (broad SMARTS) is 1. The van der Waals surface area contributed by atoms with Crippen molar-refractivity contribution in [2.24, 2.45) is 11.7 Å². The van der Waals surface area contributed by atoms with E-state index in [0.29, 0.717) is 12.3 Å². The first kappa shape index (κ1) is 11.8.